The van der Waals surface area contributed by atoms with Crippen molar-refractivity contribution in [1.29, 1.82) is 0 Å². The summed E-state index contributed by atoms with van der Waals surface area (Å²) in [4.78, 5) is 2.41. The number of likely N-dealkylation sites (tertiary alicyclic amines) is 1. The van der Waals surface area contributed by atoms with Crippen molar-refractivity contribution >= 4 is 15.9 Å². The molecule has 106 valence electrons. The van der Waals surface area contributed by atoms with Gasteiger partial charge in [-0.2, -0.15) is 0 Å². The van der Waals surface area contributed by atoms with Crippen LogP contribution >= 0.6 is 15.9 Å². The molecule has 0 radical (unpaired) electrons. The lowest BCUT2D eigenvalue weighted by Gasteiger charge is -2.16. The van der Waals surface area contributed by atoms with Crippen LogP contribution in [-0.2, 0) is 6.54 Å². The van der Waals surface area contributed by atoms with Crippen molar-refractivity contribution in [3.8, 4) is 11.5 Å². The molecule has 0 atom stereocenters. The van der Waals surface area contributed by atoms with E-state index >= 15 is 0 Å². The van der Waals surface area contributed by atoms with Crippen LogP contribution in [0.3, 0.4) is 0 Å². The molecule has 1 aromatic carbocycles. The van der Waals surface area contributed by atoms with Crippen LogP contribution in [0.1, 0.15) is 31.6 Å². The standard InChI is InChI=1S/C15H18BrN3O/c16-13-7-5-12(6-8-13)15-18-17-14(20-15)11-19-9-3-1-2-4-10-19/h5-8H,1-4,9-11H2. The molecule has 0 bridgehead atoms. The van der Waals surface area contributed by atoms with Gasteiger partial charge in [-0.15, -0.1) is 10.2 Å². The van der Waals surface area contributed by atoms with E-state index < -0.39 is 0 Å². The van der Waals surface area contributed by atoms with Crippen molar-refractivity contribution in [1.82, 2.24) is 15.1 Å². The molecule has 2 heterocycles. The van der Waals surface area contributed by atoms with Gasteiger partial charge in [-0.05, 0) is 50.2 Å². The number of nitrogens with zero attached hydrogens (tertiary/aromatic N) is 3. The van der Waals surface area contributed by atoms with Crippen molar-refractivity contribution in [3.05, 3.63) is 34.6 Å². The Morgan fingerprint density at radius 2 is 1.70 bits per heavy atom. The second kappa shape index (κ2) is 6.50. The molecule has 3 rings (SSSR count). The number of rotatable bonds is 3. The number of hydrogen-bond acceptors (Lipinski definition) is 4. The minimum atomic E-state index is 0.599. The zero-order valence-electron chi connectivity index (χ0n) is 11.4. The summed E-state index contributed by atoms with van der Waals surface area (Å²) < 4.78 is 6.82. The molecule has 0 unspecified atom stereocenters. The van der Waals surface area contributed by atoms with E-state index in [4.69, 9.17) is 4.42 Å². The van der Waals surface area contributed by atoms with Gasteiger partial charge in [-0.25, -0.2) is 0 Å². The van der Waals surface area contributed by atoms with E-state index in [2.05, 4.69) is 31.0 Å². The van der Waals surface area contributed by atoms with Gasteiger partial charge >= 0.3 is 0 Å². The second-order valence-corrected chi connectivity index (χ2v) is 6.11. The Kier molecular flexibility index (Phi) is 4.47. The van der Waals surface area contributed by atoms with Gasteiger partial charge in [0.2, 0.25) is 11.8 Å². The van der Waals surface area contributed by atoms with Gasteiger partial charge < -0.3 is 4.42 Å². The summed E-state index contributed by atoms with van der Waals surface area (Å²) in [6.07, 6.45) is 5.22. The lowest BCUT2D eigenvalue weighted by Crippen LogP contribution is -2.24. The van der Waals surface area contributed by atoms with Crippen LogP contribution in [0.5, 0.6) is 0 Å². The summed E-state index contributed by atoms with van der Waals surface area (Å²) in [5.74, 6) is 1.31. The van der Waals surface area contributed by atoms with Gasteiger partial charge in [-0.1, -0.05) is 28.8 Å². The Morgan fingerprint density at radius 1 is 1.00 bits per heavy atom. The maximum absolute atomic E-state index is 5.77. The zero-order chi connectivity index (χ0) is 13.8. The summed E-state index contributed by atoms with van der Waals surface area (Å²) in [7, 11) is 0. The molecule has 1 aliphatic rings. The molecule has 0 aliphatic carbocycles. The summed E-state index contributed by atoms with van der Waals surface area (Å²) in [6.45, 7) is 3.04. The van der Waals surface area contributed by atoms with Crippen LogP contribution < -0.4 is 0 Å². The maximum Gasteiger partial charge on any atom is 0.247 e. The van der Waals surface area contributed by atoms with Crippen molar-refractivity contribution in [2.24, 2.45) is 0 Å². The fourth-order valence-corrected chi connectivity index (χ4v) is 2.78. The molecular weight excluding hydrogens is 318 g/mol. The van der Waals surface area contributed by atoms with Crippen LogP contribution in [0.15, 0.2) is 33.2 Å². The second-order valence-electron chi connectivity index (χ2n) is 5.20. The topological polar surface area (TPSA) is 42.2 Å². The van der Waals surface area contributed by atoms with E-state index in [0.717, 1.165) is 29.7 Å². The average molecular weight is 336 g/mol. The summed E-state index contributed by atoms with van der Waals surface area (Å²) in [6, 6.07) is 7.92. The highest BCUT2D eigenvalue weighted by Crippen LogP contribution is 2.21. The third-order valence-corrected chi connectivity index (χ3v) is 4.14. The van der Waals surface area contributed by atoms with Crippen molar-refractivity contribution in [3.63, 3.8) is 0 Å². The zero-order valence-corrected chi connectivity index (χ0v) is 13.0. The molecule has 0 saturated carbocycles. The van der Waals surface area contributed by atoms with E-state index in [0.29, 0.717) is 11.8 Å². The highest BCUT2D eigenvalue weighted by molar-refractivity contribution is 9.10. The molecule has 1 saturated heterocycles. The smallest absolute Gasteiger partial charge is 0.247 e. The van der Waals surface area contributed by atoms with Crippen molar-refractivity contribution in [2.45, 2.75) is 32.2 Å². The summed E-state index contributed by atoms with van der Waals surface area (Å²) in [5.41, 5.74) is 0.961. The van der Waals surface area contributed by atoms with Crippen LogP contribution in [-0.4, -0.2) is 28.2 Å². The lowest BCUT2D eigenvalue weighted by atomic mass is 10.2. The summed E-state index contributed by atoms with van der Waals surface area (Å²) >= 11 is 3.42. The van der Waals surface area contributed by atoms with Crippen LogP contribution in [0.25, 0.3) is 11.5 Å². The first-order valence-electron chi connectivity index (χ1n) is 7.12. The summed E-state index contributed by atoms with van der Waals surface area (Å²) in [5, 5.41) is 8.32. The van der Waals surface area contributed by atoms with E-state index in [1.807, 2.05) is 24.3 Å². The Balaban J connectivity index is 1.68. The molecule has 1 aromatic heterocycles. The van der Waals surface area contributed by atoms with Crippen LogP contribution in [0.2, 0.25) is 0 Å². The third-order valence-electron chi connectivity index (χ3n) is 3.62. The van der Waals surface area contributed by atoms with Gasteiger partial charge in [0.15, 0.2) is 0 Å². The molecule has 2 aromatic rings. The number of aromatic nitrogens is 2. The normalized spacial score (nSPS) is 17.1. The first-order chi connectivity index (χ1) is 9.81. The first kappa shape index (κ1) is 13.8. The average Bonchev–Trinajstić information content (AvgIpc) is 2.76. The fraction of sp³-hybridized carbons (Fsp3) is 0.467. The lowest BCUT2D eigenvalue weighted by molar-refractivity contribution is 0.249. The number of benzene rings is 1. The molecule has 0 spiro atoms. The minimum absolute atomic E-state index is 0.599. The van der Waals surface area contributed by atoms with Crippen molar-refractivity contribution in [2.75, 3.05) is 13.1 Å². The minimum Gasteiger partial charge on any atom is -0.419 e. The predicted molar refractivity (Wildman–Crippen MR) is 81.2 cm³/mol. The third kappa shape index (κ3) is 3.46. The van der Waals surface area contributed by atoms with Gasteiger partial charge in [0, 0.05) is 10.0 Å². The molecule has 1 aliphatic heterocycles. The fourth-order valence-electron chi connectivity index (χ4n) is 2.51. The predicted octanol–water partition coefficient (Wildman–Crippen LogP) is 3.88. The highest BCUT2D eigenvalue weighted by Gasteiger charge is 2.14. The van der Waals surface area contributed by atoms with E-state index in [9.17, 15) is 0 Å². The SMILES string of the molecule is Brc1ccc(-c2nnc(CN3CCCCCC3)o2)cc1. The van der Waals surface area contributed by atoms with Gasteiger partial charge in [0.05, 0.1) is 6.54 Å². The van der Waals surface area contributed by atoms with Gasteiger partial charge in [0.25, 0.3) is 0 Å². The quantitative estimate of drug-likeness (QED) is 0.853. The molecule has 4 nitrogen and oxygen atoms in total. The molecule has 5 heteroatoms. The molecular formula is C15H18BrN3O. The Bertz CT molecular complexity index is 545. The Morgan fingerprint density at radius 3 is 2.40 bits per heavy atom. The maximum atomic E-state index is 5.77. The molecule has 0 amide bonds. The monoisotopic (exact) mass is 335 g/mol. The first-order valence-corrected chi connectivity index (χ1v) is 7.91. The Labute approximate surface area is 127 Å². The van der Waals surface area contributed by atoms with Crippen LogP contribution in [0.4, 0.5) is 0 Å². The molecule has 20 heavy (non-hydrogen) atoms. The van der Waals surface area contributed by atoms with Gasteiger partial charge in [0.1, 0.15) is 0 Å². The largest absolute Gasteiger partial charge is 0.419 e. The van der Waals surface area contributed by atoms with Gasteiger partial charge in [-0.3, -0.25) is 4.90 Å². The molecule has 0 N–H and O–H groups in total. The number of hydrogen-bond donors (Lipinski definition) is 0. The van der Waals surface area contributed by atoms with Crippen LogP contribution in [0, 0.1) is 0 Å². The highest BCUT2D eigenvalue weighted by atomic mass is 79.9. The molecule has 1 fully saturated rings. The van der Waals surface area contributed by atoms with E-state index in [1.54, 1.807) is 0 Å². The van der Waals surface area contributed by atoms with E-state index in [1.165, 1.54) is 25.7 Å². The van der Waals surface area contributed by atoms with Crippen molar-refractivity contribution < 1.29 is 4.42 Å². The number of halogens is 1. The Hall–Kier alpha value is -1.20. The van der Waals surface area contributed by atoms with E-state index in [-0.39, 0.29) is 0 Å².